The second kappa shape index (κ2) is 8.01. The Kier molecular flexibility index (Phi) is 5.71. The molecule has 4 nitrogen and oxygen atoms in total. The molecule has 1 heterocycles. The zero-order valence-electron chi connectivity index (χ0n) is 16.2. The maximum Gasteiger partial charge on any atom is 0.223 e. The smallest absolute Gasteiger partial charge is 0.223 e. The van der Waals surface area contributed by atoms with E-state index in [1.165, 1.54) is 0 Å². The van der Waals surface area contributed by atoms with Crippen LogP contribution in [0.4, 0.5) is 0 Å². The molecule has 1 aromatic heterocycles. The first-order chi connectivity index (χ1) is 12.9. The molecule has 27 heavy (non-hydrogen) atoms. The number of hydrogen-bond donors (Lipinski definition) is 0. The number of fused-ring (bicyclic) bond motifs is 1. The van der Waals surface area contributed by atoms with E-state index in [9.17, 15) is 9.59 Å². The number of hydrogen-bond acceptors (Lipinski definition) is 4. The third kappa shape index (κ3) is 4.25. The molecule has 1 atom stereocenters. The molecule has 0 unspecified atom stereocenters. The van der Waals surface area contributed by atoms with E-state index in [0.717, 1.165) is 26.4 Å². The predicted octanol–water partition coefficient (Wildman–Crippen LogP) is 5.10. The van der Waals surface area contributed by atoms with E-state index in [1.54, 1.807) is 23.3 Å². The number of aryl methyl sites for hydroxylation is 2. The average Bonchev–Trinajstić information content (AvgIpc) is 3.10. The van der Waals surface area contributed by atoms with Crippen molar-refractivity contribution < 1.29 is 9.59 Å². The number of ketones is 1. The largest absolute Gasteiger partial charge is 0.337 e. The van der Waals surface area contributed by atoms with Gasteiger partial charge in [-0.1, -0.05) is 29.8 Å². The van der Waals surface area contributed by atoms with Gasteiger partial charge in [0.05, 0.1) is 16.3 Å². The highest BCUT2D eigenvalue weighted by Gasteiger charge is 2.21. The molecular weight excluding hydrogens is 356 g/mol. The minimum Gasteiger partial charge on any atom is -0.337 e. The van der Waals surface area contributed by atoms with Crippen molar-refractivity contribution in [2.24, 2.45) is 0 Å². The van der Waals surface area contributed by atoms with Crippen molar-refractivity contribution in [3.05, 3.63) is 64.2 Å². The Morgan fingerprint density at radius 2 is 1.85 bits per heavy atom. The lowest BCUT2D eigenvalue weighted by molar-refractivity contribution is -0.131. The molecule has 0 bridgehead atoms. The quantitative estimate of drug-likeness (QED) is 0.559. The summed E-state index contributed by atoms with van der Waals surface area (Å²) in [7, 11) is 1.78. The molecule has 0 radical (unpaired) electrons. The van der Waals surface area contributed by atoms with Gasteiger partial charge in [-0.05, 0) is 44.5 Å². The van der Waals surface area contributed by atoms with Gasteiger partial charge in [-0.3, -0.25) is 9.59 Å². The van der Waals surface area contributed by atoms with Crippen LogP contribution in [-0.2, 0) is 4.79 Å². The first-order valence-corrected chi connectivity index (χ1v) is 9.90. The normalized spacial score (nSPS) is 12.1. The molecule has 0 spiro atoms. The Morgan fingerprint density at radius 1 is 1.11 bits per heavy atom. The fourth-order valence-corrected chi connectivity index (χ4v) is 4.08. The summed E-state index contributed by atoms with van der Waals surface area (Å²) in [4.78, 5) is 31.5. The molecule has 0 N–H and O–H groups in total. The van der Waals surface area contributed by atoms with Gasteiger partial charge in [-0.25, -0.2) is 4.98 Å². The van der Waals surface area contributed by atoms with Gasteiger partial charge in [0.2, 0.25) is 5.91 Å². The summed E-state index contributed by atoms with van der Waals surface area (Å²) in [5, 5.41) is 0.910. The molecular formula is C22H24N2O2S. The van der Waals surface area contributed by atoms with Crippen molar-refractivity contribution in [2.45, 2.75) is 39.7 Å². The van der Waals surface area contributed by atoms with E-state index >= 15 is 0 Å². The first-order valence-electron chi connectivity index (χ1n) is 9.08. The van der Waals surface area contributed by atoms with Gasteiger partial charge in [-0.2, -0.15) is 0 Å². The first kappa shape index (κ1) is 19.2. The number of carbonyl (C=O) groups excluding carboxylic acids is 2. The number of nitrogens with zero attached hydrogens (tertiary/aromatic N) is 2. The van der Waals surface area contributed by atoms with Crippen LogP contribution in [0.2, 0.25) is 0 Å². The number of aromatic nitrogens is 1. The second-order valence-corrected chi connectivity index (χ2v) is 8.00. The van der Waals surface area contributed by atoms with Crippen LogP contribution in [0.15, 0.2) is 42.5 Å². The lowest BCUT2D eigenvalue weighted by atomic mass is 9.99. The Hall–Kier alpha value is -2.53. The van der Waals surface area contributed by atoms with Crippen LogP contribution in [0.25, 0.3) is 10.2 Å². The summed E-state index contributed by atoms with van der Waals surface area (Å²) < 4.78 is 1.12. The molecule has 0 aliphatic heterocycles. The van der Waals surface area contributed by atoms with E-state index < -0.39 is 0 Å². The standard InChI is InChI=1S/C22H24N2O2S/c1-14-9-10-15(2)17(13-14)19(25)11-12-21(26)24(4)16(3)22-23-18-7-5-6-8-20(18)27-22/h5-10,13,16H,11-12H2,1-4H3/t16-/m1/s1. The summed E-state index contributed by atoms with van der Waals surface area (Å²) in [6.07, 6.45) is 0.429. The van der Waals surface area contributed by atoms with Gasteiger partial charge >= 0.3 is 0 Å². The highest BCUT2D eigenvalue weighted by atomic mass is 32.1. The van der Waals surface area contributed by atoms with Gasteiger partial charge in [0, 0.05) is 25.5 Å². The van der Waals surface area contributed by atoms with E-state index in [2.05, 4.69) is 4.98 Å². The van der Waals surface area contributed by atoms with Crippen LogP contribution in [0.1, 0.15) is 52.3 Å². The van der Waals surface area contributed by atoms with E-state index in [0.29, 0.717) is 5.56 Å². The van der Waals surface area contributed by atoms with E-state index in [1.807, 2.05) is 63.2 Å². The molecule has 0 aliphatic rings. The molecule has 0 aliphatic carbocycles. The third-order valence-electron chi connectivity index (χ3n) is 4.90. The monoisotopic (exact) mass is 380 g/mol. The van der Waals surface area contributed by atoms with Crippen LogP contribution < -0.4 is 0 Å². The van der Waals surface area contributed by atoms with Crippen LogP contribution in [-0.4, -0.2) is 28.6 Å². The van der Waals surface area contributed by atoms with Gasteiger partial charge in [0.1, 0.15) is 5.01 Å². The van der Waals surface area contributed by atoms with Crippen molar-refractivity contribution >= 4 is 33.2 Å². The van der Waals surface area contributed by atoms with Gasteiger partial charge in [0.25, 0.3) is 0 Å². The Labute approximate surface area is 163 Å². The molecule has 5 heteroatoms. The topological polar surface area (TPSA) is 50.3 Å². The summed E-state index contributed by atoms with van der Waals surface area (Å²) in [5.74, 6) is -0.0222. The molecule has 0 saturated carbocycles. The zero-order chi connectivity index (χ0) is 19.6. The van der Waals surface area contributed by atoms with Crippen LogP contribution >= 0.6 is 11.3 Å². The Bertz CT molecular complexity index is 960. The van der Waals surface area contributed by atoms with Crippen molar-refractivity contribution in [3.63, 3.8) is 0 Å². The molecule has 0 fully saturated rings. The lowest BCUT2D eigenvalue weighted by Gasteiger charge is -2.23. The number of para-hydroxylation sites is 1. The van der Waals surface area contributed by atoms with Gasteiger partial charge < -0.3 is 4.90 Å². The summed E-state index contributed by atoms with van der Waals surface area (Å²) in [5.41, 5.74) is 3.67. The van der Waals surface area contributed by atoms with E-state index in [-0.39, 0.29) is 30.6 Å². The molecule has 140 valence electrons. The maximum absolute atomic E-state index is 12.6. The highest BCUT2D eigenvalue weighted by Crippen LogP contribution is 2.29. The van der Waals surface area contributed by atoms with Crippen LogP contribution in [0, 0.1) is 13.8 Å². The van der Waals surface area contributed by atoms with E-state index in [4.69, 9.17) is 0 Å². The molecule has 0 saturated heterocycles. The Morgan fingerprint density at radius 3 is 2.59 bits per heavy atom. The van der Waals surface area contributed by atoms with Crippen molar-refractivity contribution in [3.8, 4) is 0 Å². The molecule has 2 aromatic carbocycles. The zero-order valence-corrected chi connectivity index (χ0v) is 17.0. The summed E-state index contributed by atoms with van der Waals surface area (Å²) in [6.45, 7) is 5.87. The minimum absolute atomic E-state index is 0.0191. The van der Waals surface area contributed by atoms with Crippen LogP contribution in [0.5, 0.6) is 0 Å². The number of benzene rings is 2. The van der Waals surface area contributed by atoms with Crippen LogP contribution in [0.3, 0.4) is 0 Å². The number of carbonyl (C=O) groups is 2. The number of rotatable bonds is 6. The number of amides is 1. The van der Waals surface area contributed by atoms with Crippen molar-refractivity contribution in [1.82, 2.24) is 9.88 Å². The highest BCUT2D eigenvalue weighted by molar-refractivity contribution is 7.18. The van der Waals surface area contributed by atoms with Crippen molar-refractivity contribution in [2.75, 3.05) is 7.05 Å². The number of Topliss-reactive ketones (excluding diaryl/α,β-unsaturated/α-hetero) is 1. The molecule has 1 amide bonds. The minimum atomic E-state index is -0.120. The van der Waals surface area contributed by atoms with Crippen molar-refractivity contribution in [1.29, 1.82) is 0 Å². The molecule has 3 aromatic rings. The lowest BCUT2D eigenvalue weighted by Crippen LogP contribution is -2.29. The molecule has 3 rings (SSSR count). The van der Waals surface area contributed by atoms with Gasteiger partial charge in [0.15, 0.2) is 5.78 Å². The fourth-order valence-electron chi connectivity index (χ4n) is 3.02. The fraction of sp³-hybridized carbons (Fsp3) is 0.318. The SMILES string of the molecule is Cc1ccc(C)c(C(=O)CCC(=O)N(C)[C@H](C)c2nc3ccccc3s2)c1. The van der Waals surface area contributed by atoms with Gasteiger partial charge in [-0.15, -0.1) is 11.3 Å². The third-order valence-corrected chi connectivity index (χ3v) is 6.11. The predicted molar refractivity (Wildman–Crippen MR) is 110 cm³/mol. The second-order valence-electron chi connectivity index (χ2n) is 6.94. The Balaban J connectivity index is 1.64. The summed E-state index contributed by atoms with van der Waals surface area (Å²) >= 11 is 1.60. The average molecular weight is 381 g/mol. The number of thiazole rings is 1. The maximum atomic E-state index is 12.6. The summed E-state index contributed by atoms with van der Waals surface area (Å²) in [6, 6.07) is 13.7.